The number of imidazole rings is 1. The van der Waals surface area contributed by atoms with Gasteiger partial charge in [-0.25, -0.2) is 13.4 Å². The summed E-state index contributed by atoms with van der Waals surface area (Å²) in [6.07, 6.45) is 3.13. The summed E-state index contributed by atoms with van der Waals surface area (Å²) >= 11 is 0. The molecular formula is C25H24N4O4S. The van der Waals surface area contributed by atoms with Crippen LogP contribution in [0.3, 0.4) is 0 Å². The average molecular weight is 477 g/mol. The van der Waals surface area contributed by atoms with Crippen LogP contribution < -0.4 is 4.74 Å². The van der Waals surface area contributed by atoms with Crippen molar-refractivity contribution in [1.29, 1.82) is 0 Å². The molecule has 1 aliphatic rings. The lowest BCUT2D eigenvalue weighted by Crippen LogP contribution is -2.24. The molecule has 9 heteroatoms. The summed E-state index contributed by atoms with van der Waals surface area (Å²) in [5.74, 6) is 1.88. The quantitative estimate of drug-likeness (QED) is 0.426. The highest BCUT2D eigenvalue weighted by Gasteiger charge is 2.22. The number of carbonyl (C=O) groups is 1. The lowest BCUT2D eigenvalue weighted by molar-refractivity contribution is -0.128. The van der Waals surface area contributed by atoms with Gasteiger partial charge in [0.1, 0.15) is 17.2 Å². The van der Waals surface area contributed by atoms with Crippen LogP contribution in [0, 0.1) is 0 Å². The second-order valence-corrected chi connectivity index (χ2v) is 10.5. The molecule has 0 bridgehead atoms. The second kappa shape index (κ2) is 8.90. The second-order valence-electron chi connectivity index (χ2n) is 8.17. The Hall–Kier alpha value is -3.72. The maximum atomic E-state index is 12.3. The Balaban J connectivity index is 1.52. The summed E-state index contributed by atoms with van der Waals surface area (Å²) in [6.45, 7) is 2.79. The summed E-state index contributed by atoms with van der Waals surface area (Å²) in [4.78, 5) is 26.8. The number of ether oxygens (including phenoxy) is 1. The van der Waals surface area contributed by atoms with Crippen molar-refractivity contribution in [1.82, 2.24) is 19.9 Å². The van der Waals surface area contributed by atoms with Crippen molar-refractivity contribution in [2.45, 2.75) is 31.2 Å². The fourth-order valence-electron chi connectivity index (χ4n) is 4.06. The fraction of sp³-hybridized carbons (Fsp3) is 0.240. The number of sulfone groups is 1. The first-order valence-electron chi connectivity index (χ1n) is 11.2. The number of amides is 1. The van der Waals surface area contributed by atoms with Gasteiger partial charge in [0.05, 0.1) is 21.7 Å². The van der Waals surface area contributed by atoms with Gasteiger partial charge in [0.15, 0.2) is 15.7 Å². The number of rotatable bonds is 7. The molecule has 3 heterocycles. The number of aromatic amines is 1. The third-order valence-corrected chi connectivity index (χ3v) is 7.64. The van der Waals surface area contributed by atoms with E-state index in [-0.39, 0.29) is 16.6 Å². The number of H-pyrrole nitrogens is 1. The van der Waals surface area contributed by atoms with Crippen molar-refractivity contribution in [2.75, 3.05) is 12.3 Å². The number of pyridine rings is 1. The van der Waals surface area contributed by atoms with Crippen molar-refractivity contribution in [3.8, 4) is 23.0 Å². The number of fused-ring (bicyclic) bond motifs is 1. The van der Waals surface area contributed by atoms with E-state index in [9.17, 15) is 13.2 Å². The molecule has 1 amide bonds. The molecule has 174 valence electrons. The number of hydrogen-bond donors (Lipinski definition) is 1. The van der Waals surface area contributed by atoms with Gasteiger partial charge >= 0.3 is 0 Å². The maximum Gasteiger partial charge on any atom is 0.222 e. The van der Waals surface area contributed by atoms with Crippen molar-refractivity contribution >= 4 is 26.8 Å². The zero-order chi connectivity index (χ0) is 23.7. The van der Waals surface area contributed by atoms with Crippen molar-refractivity contribution in [2.24, 2.45) is 0 Å². The van der Waals surface area contributed by atoms with E-state index in [2.05, 4.69) is 9.97 Å². The van der Waals surface area contributed by atoms with Gasteiger partial charge in [0.2, 0.25) is 5.91 Å². The van der Waals surface area contributed by atoms with Crippen LogP contribution >= 0.6 is 0 Å². The first kappa shape index (κ1) is 22.1. The van der Waals surface area contributed by atoms with Gasteiger partial charge < -0.3 is 14.6 Å². The zero-order valence-electron chi connectivity index (χ0n) is 18.7. The third kappa shape index (κ3) is 4.38. The van der Waals surface area contributed by atoms with Gasteiger partial charge in [-0.2, -0.15) is 0 Å². The van der Waals surface area contributed by atoms with E-state index in [0.29, 0.717) is 35.8 Å². The number of carbonyl (C=O) groups excluding carboxylic acids is 1. The Kier molecular flexibility index (Phi) is 5.79. The Bertz CT molecular complexity index is 1450. The lowest BCUT2D eigenvalue weighted by atomic mass is 10.1. The van der Waals surface area contributed by atoms with E-state index in [0.717, 1.165) is 29.7 Å². The van der Waals surface area contributed by atoms with Crippen molar-refractivity contribution in [3.63, 3.8) is 0 Å². The minimum atomic E-state index is -3.28. The molecule has 0 saturated carbocycles. The molecule has 34 heavy (non-hydrogen) atoms. The van der Waals surface area contributed by atoms with E-state index in [1.54, 1.807) is 37.4 Å². The first-order chi connectivity index (χ1) is 16.4. The molecule has 2 aromatic carbocycles. The van der Waals surface area contributed by atoms with Gasteiger partial charge in [0.25, 0.3) is 0 Å². The molecule has 0 spiro atoms. The highest BCUT2D eigenvalue weighted by atomic mass is 32.2. The lowest BCUT2D eigenvalue weighted by Gasteiger charge is -2.17. The minimum absolute atomic E-state index is 0.0419. The topological polar surface area (TPSA) is 105 Å². The summed E-state index contributed by atoms with van der Waals surface area (Å²) in [5, 5.41) is 0. The maximum absolute atomic E-state index is 12.3. The highest BCUT2D eigenvalue weighted by molar-refractivity contribution is 7.91. The van der Waals surface area contributed by atoms with Crippen LogP contribution in [0.1, 0.15) is 25.3 Å². The number of benzene rings is 2. The molecule has 4 aromatic rings. The SMILES string of the molecule is CCS(=O)(=O)c1ccc(Oc2cc(CN3CCCC3=O)c3[nH]c(-c4ccccn4)nc3c2)cc1. The molecule has 1 saturated heterocycles. The molecule has 8 nitrogen and oxygen atoms in total. The molecule has 5 rings (SSSR count). The average Bonchev–Trinajstić information content (AvgIpc) is 3.46. The summed E-state index contributed by atoms with van der Waals surface area (Å²) in [6, 6.07) is 15.7. The summed E-state index contributed by atoms with van der Waals surface area (Å²) < 4.78 is 30.2. The molecule has 2 aromatic heterocycles. The predicted molar refractivity (Wildman–Crippen MR) is 128 cm³/mol. The van der Waals surface area contributed by atoms with Gasteiger partial charge in [-0.05, 0) is 48.9 Å². The standard InChI is InChI=1S/C25H24N4O4S/c1-2-34(31,32)20-10-8-18(9-11-20)33-19-14-17(16-29-13-5-7-23(29)30)24-22(15-19)27-25(28-24)21-6-3-4-12-26-21/h3-4,6,8-12,14-15H,2,5,7,13,16H2,1H3,(H,27,28). The molecule has 0 atom stereocenters. The third-order valence-electron chi connectivity index (χ3n) is 5.89. The van der Waals surface area contributed by atoms with Gasteiger partial charge in [-0.3, -0.25) is 9.78 Å². The molecule has 1 aliphatic heterocycles. The Labute approximate surface area is 197 Å². The van der Waals surface area contributed by atoms with E-state index in [1.807, 2.05) is 35.2 Å². The predicted octanol–water partition coefficient (Wildman–Crippen LogP) is 4.33. The van der Waals surface area contributed by atoms with E-state index >= 15 is 0 Å². The molecule has 1 fully saturated rings. The number of aromatic nitrogens is 3. The Morgan fingerprint density at radius 1 is 1.09 bits per heavy atom. The number of nitrogens with one attached hydrogen (secondary N) is 1. The monoisotopic (exact) mass is 476 g/mol. The zero-order valence-corrected chi connectivity index (χ0v) is 19.5. The molecule has 0 radical (unpaired) electrons. The van der Waals surface area contributed by atoms with Gasteiger partial charge in [-0.15, -0.1) is 0 Å². The van der Waals surface area contributed by atoms with Crippen LogP contribution in [0.25, 0.3) is 22.6 Å². The van der Waals surface area contributed by atoms with Crippen LogP contribution in [-0.4, -0.2) is 46.5 Å². The number of likely N-dealkylation sites (tertiary alicyclic amines) is 1. The van der Waals surface area contributed by atoms with Crippen LogP contribution in [0.5, 0.6) is 11.5 Å². The molecule has 0 aliphatic carbocycles. The number of nitrogens with zero attached hydrogens (tertiary/aromatic N) is 3. The largest absolute Gasteiger partial charge is 0.457 e. The van der Waals surface area contributed by atoms with Crippen LogP contribution in [-0.2, 0) is 21.2 Å². The normalized spacial score (nSPS) is 14.1. The van der Waals surface area contributed by atoms with Crippen LogP contribution in [0.2, 0.25) is 0 Å². The van der Waals surface area contributed by atoms with Crippen molar-refractivity contribution < 1.29 is 17.9 Å². The Morgan fingerprint density at radius 2 is 1.91 bits per heavy atom. The van der Waals surface area contributed by atoms with Crippen LogP contribution in [0.4, 0.5) is 0 Å². The van der Waals surface area contributed by atoms with E-state index in [4.69, 9.17) is 9.72 Å². The van der Waals surface area contributed by atoms with Crippen LogP contribution in [0.15, 0.2) is 65.7 Å². The highest BCUT2D eigenvalue weighted by Crippen LogP contribution is 2.31. The van der Waals surface area contributed by atoms with E-state index in [1.165, 1.54) is 0 Å². The van der Waals surface area contributed by atoms with Gasteiger partial charge in [-0.1, -0.05) is 13.0 Å². The first-order valence-corrected chi connectivity index (χ1v) is 12.8. The van der Waals surface area contributed by atoms with Gasteiger partial charge in [0, 0.05) is 37.3 Å². The Morgan fingerprint density at radius 3 is 2.59 bits per heavy atom. The minimum Gasteiger partial charge on any atom is -0.457 e. The molecule has 0 unspecified atom stereocenters. The molecule has 1 N–H and O–H groups in total. The summed E-state index contributed by atoms with van der Waals surface area (Å²) in [5.41, 5.74) is 3.14. The van der Waals surface area contributed by atoms with E-state index < -0.39 is 9.84 Å². The summed E-state index contributed by atoms with van der Waals surface area (Å²) in [7, 11) is -3.28. The fourth-order valence-corrected chi connectivity index (χ4v) is 4.94. The smallest absolute Gasteiger partial charge is 0.222 e. The van der Waals surface area contributed by atoms with Crippen molar-refractivity contribution in [3.05, 3.63) is 66.4 Å². The molecular weight excluding hydrogens is 452 g/mol. The number of hydrogen-bond acceptors (Lipinski definition) is 6.